The van der Waals surface area contributed by atoms with Crippen molar-refractivity contribution in [1.29, 1.82) is 0 Å². The number of rotatable bonds is 5. The standard InChI is InChI=1S/C17H17N5O3/c23-10-14-9-18-21-22(14)13-6-12(7-13)19-17(24)16-8-15(20-25-16)11-4-2-1-3-5-11/h1-5,8-9,12-13,23H,6-7,10H2,(H,19,24)/t12-,13+. The summed E-state index contributed by atoms with van der Waals surface area (Å²) in [4.78, 5) is 12.3. The average Bonchev–Trinajstić information content (AvgIpc) is 3.27. The number of benzene rings is 1. The van der Waals surface area contributed by atoms with Gasteiger partial charge < -0.3 is 14.9 Å². The fourth-order valence-electron chi connectivity index (χ4n) is 2.97. The molecule has 0 spiro atoms. The third kappa shape index (κ3) is 3.03. The zero-order chi connectivity index (χ0) is 17.2. The van der Waals surface area contributed by atoms with Crippen LogP contribution in [-0.2, 0) is 6.61 Å². The van der Waals surface area contributed by atoms with E-state index in [4.69, 9.17) is 4.52 Å². The van der Waals surface area contributed by atoms with Crippen molar-refractivity contribution in [2.75, 3.05) is 0 Å². The second-order valence-corrected chi connectivity index (χ2v) is 6.07. The summed E-state index contributed by atoms with van der Waals surface area (Å²) in [6, 6.07) is 11.4. The predicted octanol–water partition coefficient (Wildman–Crippen LogP) is 1.56. The van der Waals surface area contributed by atoms with E-state index in [1.165, 1.54) is 0 Å². The van der Waals surface area contributed by atoms with E-state index in [1.807, 2.05) is 30.3 Å². The van der Waals surface area contributed by atoms with Gasteiger partial charge >= 0.3 is 0 Å². The summed E-state index contributed by atoms with van der Waals surface area (Å²) in [7, 11) is 0. The molecular formula is C17H17N5O3. The van der Waals surface area contributed by atoms with E-state index < -0.39 is 0 Å². The molecule has 1 saturated carbocycles. The van der Waals surface area contributed by atoms with Crippen LogP contribution in [0, 0.1) is 0 Å². The second kappa shape index (κ2) is 6.48. The average molecular weight is 339 g/mol. The fourth-order valence-corrected chi connectivity index (χ4v) is 2.97. The molecule has 128 valence electrons. The smallest absolute Gasteiger partial charge is 0.290 e. The van der Waals surface area contributed by atoms with Gasteiger partial charge in [0.15, 0.2) is 0 Å². The van der Waals surface area contributed by atoms with Gasteiger partial charge in [-0.3, -0.25) is 4.79 Å². The molecule has 8 heteroatoms. The van der Waals surface area contributed by atoms with Crippen molar-refractivity contribution in [3.63, 3.8) is 0 Å². The normalized spacial score (nSPS) is 19.4. The molecule has 0 bridgehead atoms. The first-order valence-electron chi connectivity index (χ1n) is 8.07. The molecule has 0 atom stereocenters. The SMILES string of the molecule is O=C(N[C@H]1C[C@@H](n2nncc2CO)C1)c1cc(-c2ccccc2)no1. The largest absolute Gasteiger partial charge is 0.390 e. The molecule has 1 aromatic carbocycles. The quantitative estimate of drug-likeness (QED) is 0.731. The maximum absolute atomic E-state index is 12.3. The molecule has 25 heavy (non-hydrogen) atoms. The Balaban J connectivity index is 1.35. The minimum atomic E-state index is -0.279. The van der Waals surface area contributed by atoms with Gasteiger partial charge in [-0.25, -0.2) is 4.68 Å². The van der Waals surface area contributed by atoms with Crippen LogP contribution in [0.5, 0.6) is 0 Å². The number of hydrogen-bond acceptors (Lipinski definition) is 6. The van der Waals surface area contributed by atoms with Crippen LogP contribution in [0.2, 0.25) is 0 Å². The molecule has 1 amide bonds. The van der Waals surface area contributed by atoms with Gasteiger partial charge in [0.2, 0.25) is 5.76 Å². The van der Waals surface area contributed by atoms with Gasteiger partial charge in [0.1, 0.15) is 5.69 Å². The molecule has 4 rings (SSSR count). The van der Waals surface area contributed by atoms with Crippen molar-refractivity contribution < 1.29 is 14.4 Å². The molecule has 1 aliphatic carbocycles. The summed E-state index contributed by atoms with van der Waals surface area (Å²) < 4.78 is 6.88. The molecule has 0 saturated heterocycles. The molecular weight excluding hydrogens is 322 g/mol. The lowest BCUT2D eigenvalue weighted by molar-refractivity contribution is 0.0847. The summed E-state index contributed by atoms with van der Waals surface area (Å²) in [5, 5.41) is 23.9. The van der Waals surface area contributed by atoms with Crippen LogP contribution in [0.15, 0.2) is 47.1 Å². The first-order valence-corrected chi connectivity index (χ1v) is 8.07. The minimum absolute atomic E-state index is 0.0403. The lowest BCUT2D eigenvalue weighted by Gasteiger charge is -2.35. The first-order chi connectivity index (χ1) is 12.2. The van der Waals surface area contributed by atoms with Crippen LogP contribution < -0.4 is 5.32 Å². The lowest BCUT2D eigenvalue weighted by Crippen LogP contribution is -2.45. The Morgan fingerprint density at radius 1 is 1.32 bits per heavy atom. The van der Waals surface area contributed by atoms with Crippen molar-refractivity contribution in [3.05, 3.63) is 54.0 Å². The molecule has 3 aromatic rings. The van der Waals surface area contributed by atoms with E-state index in [-0.39, 0.29) is 30.4 Å². The highest BCUT2D eigenvalue weighted by atomic mass is 16.5. The molecule has 0 aliphatic heterocycles. The molecule has 1 fully saturated rings. The van der Waals surface area contributed by atoms with Gasteiger partial charge in [-0.05, 0) is 12.8 Å². The third-order valence-electron chi connectivity index (χ3n) is 4.41. The Hall–Kier alpha value is -3.00. The number of nitrogens with one attached hydrogen (secondary N) is 1. The van der Waals surface area contributed by atoms with Gasteiger partial charge in [0.25, 0.3) is 5.91 Å². The van der Waals surface area contributed by atoms with E-state index in [2.05, 4.69) is 20.8 Å². The van der Waals surface area contributed by atoms with Crippen LogP contribution in [0.1, 0.15) is 35.1 Å². The molecule has 8 nitrogen and oxygen atoms in total. The van der Waals surface area contributed by atoms with Crippen molar-refractivity contribution in [2.24, 2.45) is 0 Å². The Labute approximate surface area is 143 Å². The van der Waals surface area contributed by atoms with Crippen molar-refractivity contribution in [1.82, 2.24) is 25.5 Å². The monoisotopic (exact) mass is 339 g/mol. The van der Waals surface area contributed by atoms with E-state index in [0.29, 0.717) is 11.4 Å². The number of aliphatic hydroxyl groups is 1. The van der Waals surface area contributed by atoms with Gasteiger partial charge in [-0.2, -0.15) is 0 Å². The number of carbonyl (C=O) groups excluding carboxylic acids is 1. The molecule has 1 aliphatic rings. The second-order valence-electron chi connectivity index (χ2n) is 6.07. The lowest BCUT2D eigenvalue weighted by atomic mass is 9.86. The number of amides is 1. The van der Waals surface area contributed by atoms with Gasteiger partial charge in [0, 0.05) is 17.7 Å². The van der Waals surface area contributed by atoms with Crippen LogP contribution in [0.4, 0.5) is 0 Å². The zero-order valence-electron chi connectivity index (χ0n) is 13.4. The summed E-state index contributed by atoms with van der Waals surface area (Å²) >= 11 is 0. The summed E-state index contributed by atoms with van der Waals surface area (Å²) in [6.07, 6.45) is 3.02. The topological polar surface area (TPSA) is 106 Å². The number of aromatic nitrogens is 4. The highest BCUT2D eigenvalue weighted by molar-refractivity contribution is 5.92. The fraction of sp³-hybridized carbons (Fsp3) is 0.294. The van der Waals surface area contributed by atoms with E-state index in [9.17, 15) is 9.90 Å². The van der Waals surface area contributed by atoms with Crippen LogP contribution in [-0.4, -0.2) is 37.2 Å². The summed E-state index contributed by atoms with van der Waals surface area (Å²) in [5.74, 6) is -0.0850. The molecule has 0 radical (unpaired) electrons. The van der Waals surface area contributed by atoms with Crippen molar-refractivity contribution in [3.8, 4) is 11.3 Å². The number of carbonyl (C=O) groups is 1. The summed E-state index contributed by atoms with van der Waals surface area (Å²) in [5.41, 5.74) is 2.21. The molecule has 2 aromatic heterocycles. The summed E-state index contributed by atoms with van der Waals surface area (Å²) in [6.45, 7) is -0.0964. The predicted molar refractivity (Wildman–Crippen MR) is 87.4 cm³/mol. The maximum Gasteiger partial charge on any atom is 0.290 e. The number of hydrogen-bond donors (Lipinski definition) is 2. The number of aliphatic hydroxyl groups excluding tert-OH is 1. The van der Waals surface area contributed by atoms with Crippen LogP contribution >= 0.6 is 0 Å². The van der Waals surface area contributed by atoms with Crippen molar-refractivity contribution >= 4 is 5.91 Å². The highest BCUT2D eigenvalue weighted by Crippen LogP contribution is 2.32. The van der Waals surface area contributed by atoms with E-state index >= 15 is 0 Å². The molecule has 2 N–H and O–H groups in total. The molecule has 0 unspecified atom stereocenters. The van der Waals surface area contributed by atoms with E-state index in [0.717, 1.165) is 18.4 Å². The van der Waals surface area contributed by atoms with E-state index in [1.54, 1.807) is 16.9 Å². The Kier molecular flexibility index (Phi) is 4.02. The Morgan fingerprint density at radius 3 is 2.88 bits per heavy atom. The van der Waals surface area contributed by atoms with Crippen LogP contribution in [0.25, 0.3) is 11.3 Å². The Morgan fingerprint density at radius 2 is 2.12 bits per heavy atom. The third-order valence-corrected chi connectivity index (χ3v) is 4.41. The van der Waals surface area contributed by atoms with Crippen LogP contribution in [0.3, 0.4) is 0 Å². The first kappa shape index (κ1) is 15.5. The van der Waals surface area contributed by atoms with Gasteiger partial charge in [-0.1, -0.05) is 40.7 Å². The molecule has 2 heterocycles. The zero-order valence-corrected chi connectivity index (χ0v) is 13.4. The minimum Gasteiger partial charge on any atom is -0.390 e. The maximum atomic E-state index is 12.3. The van der Waals surface area contributed by atoms with Crippen molar-refractivity contribution in [2.45, 2.75) is 31.5 Å². The Bertz CT molecular complexity index is 867. The van der Waals surface area contributed by atoms with Gasteiger partial charge in [-0.15, -0.1) is 5.10 Å². The van der Waals surface area contributed by atoms with Gasteiger partial charge in [0.05, 0.1) is 24.5 Å². The number of nitrogens with zero attached hydrogens (tertiary/aromatic N) is 4. The highest BCUT2D eigenvalue weighted by Gasteiger charge is 2.34.